The number of rotatable bonds is 5. The Hall–Kier alpha value is -0.970. The van der Waals surface area contributed by atoms with Crippen LogP contribution in [-0.4, -0.2) is 39.4 Å². The van der Waals surface area contributed by atoms with Gasteiger partial charge in [-0.1, -0.05) is 57.9 Å². The molecule has 3 fully saturated rings. The summed E-state index contributed by atoms with van der Waals surface area (Å²) in [5.41, 5.74) is 0.481. The van der Waals surface area contributed by atoms with Gasteiger partial charge in [-0.25, -0.2) is 0 Å². The summed E-state index contributed by atoms with van der Waals surface area (Å²) < 4.78 is 0. The van der Waals surface area contributed by atoms with Crippen LogP contribution in [0.1, 0.15) is 99.8 Å². The molecule has 0 aromatic rings. The molecule has 0 aromatic heterocycles. The monoisotopic (exact) mass is 472 g/mol. The van der Waals surface area contributed by atoms with Gasteiger partial charge in [-0.15, -0.1) is 0 Å². The van der Waals surface area contributed by atoms with E-state index in [0.717, 1.165) is 44.1 Å². The maximum Gasteiger partial charge on any atom is 0.140 e. The number of hydrogen-bond acceptors (Lipinski definition) is 4. The fourth-order valence-electron chi connectivity index (χ4n) is 9.27. The van der Waals surface area contributed by atoms with Crippen LogP contribution in [0.15, 0.2) is 23.3 Å². The van der Waals surface area contributed by atoms with Crippen molar-refractivity contribution in [2.75, 3.05) is 6.61 Å². The van der Waals surface area contributed by atoms with Crippen molar-refractivity contribution in [3.63, 3.8) is 0 Å². The topological polar surface area (TPSA) is 77.8 Å². The van der Waals surface area contributed by atoms with Gasteiger partial charge in [0, 0.05) is 17.3 Å². The molecule has 0 heterocycles. The Balaban J connectivity index is 1.69. The van der Waals surface area contributed by atoms with Gasteiger partial charge in [0.2, 0.25) is 0 Å². The van der Waals surface area contributed by atoms with Gasteiger partial charge in [0.15, 0.2) is 0 Å². The van der Waals surface area contributed by atoms with Crippen LogP contribution >= 0.6 is 0 Å². The maximum atomic E-state index is 14.2. The normalized spacial score (nSPS) is 45.6. The fraction of sp³-hybridized carbons (Fsp3) is 0.833. The summed E-state index contributed by atoms with van der Waals surface area (Å²) in [5.74, 6) is 0.934. The highest BCUT2D eigenvalue weighted by Crippen LogP contribution is 2.74. The van der Waals surface area contributed by atoms with E-state index in [2.05, 4.69) is 40.7 Å². The number of allylic oxidation sites excluding steroid dienone is 2. The molecule has 0 amide bonds. The molecule has 3 N–H and O–H groups in total. The van der Waals surface area contributed by atoms with Gasteiger partial charge in [-0.2, -0.15) is 0 Å². The van der Waals surface area contributed by atoms with Crippen LogP contribution in [0.25, 0.3) is 0 Å². The van der Waals surface area contributed by atoms with E-state index in [1.165, 1.54) is 5.57 Å². The van der Waals surface area contributed by atoms with Crippen LogP contribution in [0.5, 0.6) is 0 Å². The molecule has 0 aliphatic heterocycles. The van der Waals surface area contributed by atoms with Crippen LogP contribution < -0.4 is 0 Å². The van der Waals surface area contributed by atoms with E-state index < -0.39 is 11.0 Å². The number of fused-ring (bicyclic) bond motifs is 5. The van der Waals surface area contributed by atoms with Crippen molar-refractivity contribution in [2.24, 2.45) is 39.4 Å². The van der Waals surface area contributed by atoms with Gasteiger partial charge in [0.05, 0.1) is 18.3 Å². The number of ketones is 1. The highest BCUT2D eigenvalue weighted by Gasteiger charge is 2.71. The molecule has 192 valence electrons. The third kappa shape index (κ3) is 3.45. The first-order valence-corrected chi connectivity index (χ1v) is 13.6. The Bertz CT molecular complexity index is 897. The van der Waals surface area contributed by atoms with Gasteiger partial charge in [-0.05, 0) is 87.4 Å². The van der Waals surface area contributed by atoms with Crippen molar-refractivity contribution in [3.05, 3.63) is 23.3 Å². The lowest BCUT2D eigenvalue weighted by atomic mass is 9.38. The van der Waals surface area contributed by atoms with Crippen molar-refractivity contribution >= 4 is 5.78 Å². The van der Waals surface area contributed by atoms with Crippen molar-refractivity contribution in [2.45, 2.75) is 112 Å². The van der Waals surface area contributed by atoms with Crippen LogP contribution in [0.2, 0.25) is 0 Å². The van der Waals surface area contributed by atoms with E-state index in [-0.39, 0.29) is 46.7 Å². The van der Waals surface area contributed by atoms with Crippen LogP contribution in [-0.2, 0) is 4.79 Å². The summed E-state index contributed by atoms with van der Waals surface area (Å²) in [5, 5.41) is 31.8. The first kappa shape index (κ1) is 26.1. The minimum Gasteiger partial charge on any atom is -0.392 e. The lowest BCUT2D eigenvalue weighted by molar-refractivity contribution is -0.179. The number of carbonyl (C=O) groups is 1. The predicted octanol–water partition coefficient (Wildman–Crippen LogP) is 5.60. The minimum absolute atomic E-state index is 0.0105. The third-order valence-corrected chi connectivity index (χ3v) is 11.8. The fourth-order valence-corrected chi connectivity index (χ4v) is 9.27. The summed E-state index contributed by atoms with van der Waals surface area (Å²) in [6.45, 7) is 15.2. The van der Waals surface area contributed by atoms with Gasteiger partial charge < -0.3 is 15.3 Å². The molecular weight excluding hydrogens is 424 g/mol. The lowest BCUT2D eigenvalue weighted by Crippen LogP contribution is -2.64. The first-order valence-electron chi connectivity index (χ1n) is 13.6. The zero-order chi connectivity index (χ0) is 25.3. The van der Waals surface area contributed by atoms with Gasteiger partial charge >= 0.3 is 0 Å². The van der Waals surface area contributed by atoms with Crippen molar-refractivity contribution in [3.8, 4) is 0 Å². The third-order valence-electron chi connectivity index (χ3n) is 11.8. The zero-order valence-corrected chi connectivity index (χ0v) is 22.6. The highest BCUT2D eigenvalue weighted by atomic mass is 16.3. The van der Waals surface area contributed by atoms with E-state index in [1.807, 2.05) is 19.9 Å². The van der Waals surface area contributed by atoms with Crippen LogP contribution in [0, 0.1) is 39.4 Å². The number of carbonyl (C=O) groups excluding carboxylic acids is 1. The molecule has 0 spiro atoms. The van der Waals surface area contributed by atoms with E-state index in [9.17, 15) is 20.1 Å². The molecule has 4 rings (SSSR count). The molecule has 3 saturated carbocycles. The number of aliphatic hydroxyl groups is 3. The average molecular weight is 473 g/mol. The van der Waals surface area contributed by atoms with Gasteiger partial charge in [0.25, 0.3) is 0 Å². The molecule has 0 aromatic carbocycles. The molecule has 4 aliphatic rings. The largest absolute Gasteiger partial charge is 0.392 e. The molecule has 4 nitrogen and oxygen atoms in total. The number of Topliss-reactive ketones (excluding diaryl/α,β-unsaturated/α-hetero) is 1. The zero-order valence-electron chi connectivity index (χ0n) is 22.6. The molecule has 1 unspecified atom stereocenters. The Morgan fingerprint density at radius 2 is 1.82 bits per heavy atom. The number of hydrogen-bond donors (Lipinski definition) is 3. The van der Waals surface area contributed by atoms with E-state index in [4.69, 9.17) is 0 Å². The molecular formula is C30H48O4. The Morgan fingerprint density at radius 1 is 1.15 bits per heavy atom. The SMILES string of the molecule is C/C(=C\CCC(C)(O)[C@H]1CC[C@@]2(C)[C@@H]3CC=C4[C@@H](CC[C@H](O)C4(C)C)[C@]3(C)C(=O)C[C@]12C)CO. The molecule has 4 heteroatoms. The van der Waals surface area contributed by atoms with Crippen molar-refractivity contribution in [1.29, 1.82) is 0 Å². The molecule has 0 radical (unpaired) electrons. The molecule has 34 heavy (non-hydrogen) atoms. The average Bonchev–Trinajstić information content (AvgIpc) is 3.02. The summed E-state index contributed by atoms with van der Waals surface area (Å²) in [6.07, 6.45) is 10.5. The highest BCUT2D eigenvalue weighted by molar-refractivity contribution is 5.88. The Labute approximate surface area is 206 Å². The smallest absolute Gasteiger partial charge is 0.140 e. The van der Waals surface area contributed by atoms with Gasteiger partial charge in [-0.3, -0.25) is 4.79 Å². The summed E-state index contributed by atoms with van der Waals surface area (Å²) in [4.78, 5) is 14.2. The van der Waals surface area contributed by atoms with E-state index in [0.29, 0.717) is 18.6 Å². The Morgan fingerprint density at radius 3 is 2.47 bits per heavy atom. The summed E-state index contributed by atoms with van der Waals surface area (Å²) in [7, 11) is 0. The lowest BCUT2D eigenvalue weighted by Gasteiger charge is -2.65. The second-order valence-corrected chi connectivity index (χ2v) is 13.7. The van der Waals surface area contributed by atoms with Crippen LogP contribution in [0.3, 0.4) is 0 Å². The molecule has 0 saturated heterocycles. The van der Waals surface area contributed by atoms with E-state index in [1.54, 1.807) is 0 Å². The first-order chi connectivity index (χ1) is 15.7. The predicted molar refractivity (Wildman–Crippen MR) is 136 cm³/mol. The van der Waals surface area contributed by atoms with Gasteiger partial charge in [0.1, 0.15) is 5.78 Å². The molecule has 0 bridgehead atoms. The standard InChI is InChI=1S/C30H48O4/c1-19(18-31)9-8-15-29(6,34)22-14-16-27(4)23-12-10-20-21(11-13-24(32)26(20,2)3)30(23,7)25(33)17-28(22,27)5/h9-10,21-24,31-32,34H,8,11-18H2,1-7H3/b19-9+/t21-,22+,23+,24+,27+,28-,29?,30+/m1/s1. The minimum atomic E-state index is -0.848. The molecule has 4 aliphatic carbocycles. The number of aliphatic hydroxyl groups excluding tert-OH is 2. The second kappa shape index (κ2) is 8.28. The van der Waals surface area contributed by atoms with Crippen molar-refractivity contribution in [1.82, 2.24) is 0 Å². The second-order valence-electron chi connectivity index (χ2n) is 13.7. The summed E-state index contributed by atoms with van der Waals surface area (Å²) in [6, 6.07) is 0. The van der Waals surface area contributed by atoms with E-state index >= 15 is 0 Å². The Kier molecular flexibility index (Phi) is 6.36. The quantitative estimate of drug-likeness (QED) is 0.455. The summed E-state index contributed by atoms with van der Waals surface area (Å²) >= 11 is 0. The van der Waals surface area contributed by atoms with Crippen molar-refractivity contribution < 1.29 is 20.1 Å². The van der Waals surface area contributed by atoms with Crippen LogP contribution in [0.4, 0.5) is 0 Å². The molecule has 8 atom stereocenters. The maximum absolute atomic E-state index is 14.2.